The maximum Gasteiger partial charge on any atom is 0.0304 e. The van der Waals surface area contributed by atoms with E-state index in [0.29, 0.717) is 5.54 Å². The molecule has 1 rings (SSSR count). The Labute approximate surface area is 121 Å². The van der Waals surface area contributed by atoms with Gasteiger partial charge < -0.3 is 5.32 Å². The molecule has 1 heterocycles. The summed E-state index contributed by atoms with van der Waals surface area (Å²) in [6.07, 6.45) is 6.39. The van der Waals surface area contributed by atoms with Crippen molar-refractivity contribution >= 4 is 0 Å². The van der Waals surface area contributed by atoms with Crippen LogP contribution < -0.4 is 5.32 Å². The second kappa shape index (κ2) is 7.64. The van der Waals surface area contributed by atoms with Crippen LogP contribution in [0, 0.1) is 5.92 Å². The highest BCUT2D eigenvalue weighted by Crippen LogP contribution is 2.28. The van der Waals surface area contributed by atoms with Crippen molar-refractivity contribution in [3.05, 3.63) is 0 Å². The molecular weight excluding hydrogens is 232 g/mol. The molecule has 1 fully saturated rings. The summed E-state index contributed by atoms with van der Waals surface area (Å²) in [5.74, 6) is 0.791. The molecule has 0 amide bonds. The van der Waals surface area contributed by atoms with Crippen LogP contribution in [0.1, 0.15) is 73.6 Å². The first-order valence-electron chi connectivity index (χ1n) is 8.52. The van der Waals surface area contributed by atoms with Gasteiger partial charge in [0, 0.05) is 30.7 Å². The van der Waals surface area contributed by atoms with Gasteiger partial charge in [-0.25, -0.2) is 0 Å². The summed E-state index contributed by atoms with van der Waals surface area (Å²) >= 11 is 0. The molecule has 0 aromatic heterocycles. The minimum Gasteiger partial charge on any atom is -0.308 e. The van der Waals surface area contributed by atoms with Gasteiger partial charge in [0.15, 0.2) is 0 Å². The first-order chi connectivity index (χ1) is 9.01. The van der Waals surface area contributed by atoms with E-state index in [1.54, 1.807) is 0 Å². The van der Waals surface area contributed by atoms with Crippen molar-refractivity contribution in [1.29, 1.82) is 0 Å². The van der Waals surface area contributed by atoms with Crippen LogP contribution in [0.2, 0.25) is 0 Å². The monoisotopic (exact) mass is 268 g/mol. The van der Waals surface area contributed by atoms with Gasteiger partial charge in [0.2, 0.25) is 0 Å². The third-order valence-electron chi connectivity index (χ3n) is 5.18. The van der Waals surface area contributed by atoms with E-state index in [9.17, 15) is 0 Å². The van der Waals surface area contributed by atoms with Crippen molar-refractivity contribution in [2.45, 2.75) is 91.3 Å². The van der Waals surface area contributed by atoms with Gasteiger partial charge in [-0.15, -0.1) is 0 Å². The molecule has 1 atom stereocenters. The van der Waals surface area contributed by atoms with Crippen molar-refractivity contribution in [3.8, 4) is 0 Å². The van der Waals surface area contributed by atoms with Gasteiger partial charge in [-0.3, -0.25) is 4.90 Å². The topological polar surface area (TPSA) is 15.3 Å². The Morgan fingerprint density at radius 1 is 1.11 bits per heavy atom. The molecule has 0 saturated carbocycles. The van der Waals surface area contributed by atoms with E-state index < -0.39 is 0 Å². The molecule has 1 unspecified atom stereocenters. The zero-order valence-electron chi connectivity index (χ0n) is 14.1. The summed E-state index contributed by atoms with van der Waals surface area (Å²) in [5, 5.41) is 3.88. The van der Waals surface area contributed by atoms with Crippen molar-refractivity contribution in [1.82, 2.24) is 10.2 Å². The van der Waals surface area contributed by atoms with E-state index in [4.69, 9.17) is 0 Å². The number of piperazine rings is 1. The Bertz CT molecular complexity index is 242. The van der Waals surface area contributed by atoms with Crippen LogP contribution >= 0.6 is 0 Å². The minimum atomic E-state index is 0.357. The van der Waals surface area contributed by atoms with Crippen LogP contribution in [-0.2, 0) is 0 Å². The Morgan fingerprint density at radius 3 is 2.11 bits per heavy atom. The molecule has 2 nitrogen and oxygen atoms in total. The van der Waals surface area contributed by atoms with Crippen LogP contribution in [0.3, 0.4) is 0 Å². The maximum absolute atomic E-state index is 3.88. The number of nitrogens with zero attached hydrogens (tertiary/aromatic N) is 1. The van der Waals surface area contributed by atoms with Crippen molar-refractivity contribution in [2.24, 2.45) is 5.92 Å². The first-order valence-corrected chi connectivity index (χ1v) is 8.52. The second-order valence-electron chi connectivity index (χ2n) is 6.79. The normalized spacial score (nSPS) is 24.3. The molecule has 0 aliphatic carbocycles. The molecular formula is C17H36N2. The maximum atomic E-state index is 3.88. The third kappa shape index (κ3) is 4.19. The van der Waals surface area contributed by atoms with Crippen LogP contribution in [-0.4, -0.2) is 35.6 Å². The SMILES string of the molecule is CCC(CC)N1CC(CC)(CC)NCC1CC(C)C. The lowest BCUT2D eigenvalue weighted by Gasteiger charge is -2.51. The number of nitrogens with one attached hydrogen (secondary N) is 1. The standard InChI is InChI=1S/C17H36N2/c1-7-15(8-2)19-13-17(9-3,10-4)18-12-16(19)11-14(5)6/h14-16,18H,7-13H2,1-6H3. The predicted molar refractivity (Wildman–Crippen MR) is 85.6 cm³/mol. The molecule has 1 aliphatic rings. The Balaban J connectivity index is 2.84. The van der Waals surface area contributed by atoms with E-state index in [0.717, 1.165) is 18.0 Å². The fourth-order valence-electron chi connectivity index (χ4n) is 3.66. The van der Waals surface area contributed by atoms with Gasteiger partial charge in [0.1, 0.15) is 0 Å². The fraction of sp³-hybridized carbons (Fsp3) is 1.00. The minimum absolute atomic E-state index is 0.357. The van der Waals surface area contributed by atoms with Crippen LogP contribution in [0.4, 0.5) is 0 Å². The van der Waals surface area contributed by atoms with Gasteiger partial charge in [-0.2, -0.15) is 0 Å². The number of rotatable bonds is 7. The van der Waals surface area contributed by atoms with E-state index in [2.05, 4.69) is 51.8 Å². The molecule has 0 radical (unpaired) electrons. The van der Waals surface area contributed by atoms with E-state index >= 15 is 0 Å². The predicted octanol–water partition coefficient (Wildman–Crippen LogP) is 4.05. The molecule has 0 spiro atoms. The molecule has 0 aromatic carbocycles. The van der Waals surface area contributed by atoms with Gasteiger partial charge in [-0.1, -0.05) is 41.5 Å². The summed E-state index contributed by atoms with van der Waals surface area (Å²) in [5.41, 5.74) is 0.357. The van der Waals surface area contributed by atoms with Crippen molar-refractivity contribution in [3.63, 3.8) is 0 Å². The summed E-state index contributed by atoms with van der Waals surface area (Å²) in [7, 11) is 0. The Hall–Kier alpha value is -0.0800. The highest BCUT2D eigenvalue weighted by Gasteiger charge is 2.38. The number of hydrogen-bond donors (Lipinski definition) is 1. The smallest absolute Gasteiger partial charge is 0.0304 e. The summed E-state index contributed by atoms with van der Waals surface area (Å²) in [6, 6.07) is 1.50. The summed E-state index contributed by atoms with van der Waals surface area (Å²) < 4.78 is 0. The van der Waals surface area contributed by atoms with E-state index in [-0.39, 0.29) is 0 Å². The molecule has 1 N–H and O–H groups in total. The average molecular weight is 268 g/mol. The Kier molecular flexibility index (Phi) is 6.82. The summed E-state index contributed by atoms with van der Waals surface area (Å²) in [6.45, 7) is 16.5. The molecule has 1 saturated heterocycles. The molecule has 1 aliphatic heterocycles. The largest absolute Gasteiger partial charge is 0.308 e. The average Bonchev–Trinajstić information content (AvgIpc) is 2.41. The highest BCUT2D eigenvalue weighted by molar-refractivity contribution is 4.98. The lowest BCUT2D eigenvalue weighted by Crippen LogP contribution is -2.65. The molecule has 2 heteroatoms. The zero-order valence-corrected chi connectivity index (χ0v) is 14.1. The quantitative estimate of drug-likeness (QED) is 0.749. The van der Waals surface area contributed by atoms with Crippen LogP contribution in [0.15, 0.2) is 0 Å². The van der Waals surface area contributed by atoms with Crippen molar-refractivity contribution in [2.75, 3.05) is 13.1 Å². The van der Waals surface area contributed by atoms with E-state index in [1.165, 1.54) is 45.2 Å². The molecule has 19 heavy (non-hydrogen) atoms. The molecule has 0 bridgehead atoms. The third-order valence-corrected chi connectivity index (χ3v) is 5.18. The van der Waals surface area contributed by atoms with Gasteiger partial charge in [0.05, 0.1) is 0 Å². The second-order valence-corrected chi connectivity index (χ2v) is 6.79. The zero-order chi connectivity index (χ0) is 14.5. The molecule has 114 valence electrons. The first kappa shape index (κ1) is 17.0. The highest BCUT2D eigenvalue weighted by atomic mass is 15.3. The molecule has 0 aromatic rings. The van der Waals surface area contributed by atoms with Gasteiger partial charge in [-0.05, 0) is 38.0 Å². The number of hydrogen-bond acceptors (Lipinski definition) is 2. The lowest BCUT2D eigenvalue weighted by atomic mass is 9.85. The van der Waals surface area contributed by atoms with Crippen molar-refractivity contribution < 1.29 is 0 Å². The van der Waals surface area contributed by atoms with Crippen LogP contribution in [0.5, 0.6) is 0 Å². The van der Waals surface area contributed by atoms with Crippen LogP contribution in [0.25, 0.3) is 0 Å². The van der Waals surface area contributed by atoms with Gasteiger partial charge >= 0.3 is 0 Å². The lowest BCUT2D eigenvalue weighted by molar-refractivity contribution is 0.0247. The van der Waals surface area contributed by atoms with E-state index in [1.807, 2.05) is 0 Å². The fourth-order valence-corrected chi connectivity index (χ4v) is 3.66. The summed E-state index contributed by atoms with van der Waals surface area (Å²) in [4.78, 5) is 2.84. The Morgan fingerprint density at radius 2 is 1.68 bits per heavy atom. The van der Waals surface area contributed by atoms with Gasteiger partial charge in [0.25, 0.3) is 0 Å².